The molecule has 134 valence electrons. The molecule has 0 saturated carbocycles. The summed E-state index contributed by atoms with van der Waals surface area (Å²) in [6.45, 7) is 9.82. The van der Waals surface area contributed by atoms with Gasteiger partial charge in [0.1, 0.15) is 6.61 Å². The third-order valence-corrected chi connectivity index (χ3v) is 4.50. The molecule has 0 spiro atoms. The number of hydrogen-bond donors (Lipinski definition) is 0. The summed E-state index contributed by atoms with van der Waals surface area (Å²) in [6, 6.07) is 5.61. The average molecular weight is 339 g/mol. The standard InChI is InChI=1S/C19H27F2NO2/c1-14-13-15(5-6-16(14)18(2,3)4)17(23)24-12-11-22-9-7-19(20,21)8-10-22/h5-6,13H,7-12H2,1-4H3. The second-order valence-electron chi connectivity index (χ2n) is 7.61. The van der Waals surface area contributed by atoms with Gasteiger partial charge in [0.05, 0.1) is 5.56 Å². The van der Waals surface area contributed by atoms with Crippen molar-refractivity contribution in [2.24, 2.45) is 0 Å². The van der Waals surface area contributed by atoms with Gasteiger partial charge in [-0.05, 0) is 35.6 Å². The SMILES string of the molecule is Cc1cc(C(=O)OCCN2CCC(F)(F)CC2)ccc1C(C)(C)C. The predicted molar refractivity (Wildman–Crippen MR) is 90.8 cm³/mol. The van der Waals surface area contributed by atoms with E-state index < -0.39 is 5.92 Å². The van der Waals surface area contributed by atoms with Crippen LogP contribution in [-0.4, -0.2) is 43.0 Å². The number of carbonyl (C=O) groups excluding carboxylic acids is 1. The molecule has 0 aliphatic carbocycles. The Morgan fingerprint density at radius 2 is 1.88 bits per heavy atom. The zero-order valence-electron chi connectivity index (χ0n) is 15.0. The van der Waals surface area contributed by atoms with Gasteiger partial charge in [-0.25, -0.2) is 13.6 Å². The maximum absolute atomic E-state index is 13.1. The number of halogens is 2. The lowest BCUT2D eigenvalue weighted by Crippen LogP contribution is -2.41. The quantitative estimate of drug-likeness (QED) is 0.771. The van der Waals surface area contributed by atoms with E-state index in [0.29, 0.717) is 25.2 Å². The summed E-state index contributed by atoms with van der Waals surface area (Å²) >= 11 is 0. The van der Waals surface area contributed by atoms with E-state index in [1.165, 1.54) is 5.56 Å². The van der Waals surface area contributed by atoms with Gasteiger partial charge in [0.15, 0.2) is 0 Å². The normalized spacial score (nSPS) is 18.4. The van der Waals surface area contributed by atoms with Gasteiger partial charge < -0.3 is 4.74 Å². The molecule has 0 N–H and O–H groups in total. The molecule has 0 bridgehead atoms. The molecule has 0 aromatic heterocycles. The second-order valence-corrected chi connectivity index (χ2v) is 7.61. The van der Waals surface area contributed by atoms with Crippen LogP contribution in [0.25, 0.3) is 0 Å². The lowest BCUT2D eigenvalue weighted by Gasteiger charge is -2.31. The lowest BCUT2D eigenvalue weighted by molar-refractivity contribution is -0.0576. The zero-order valence-corrected chi connectivity index (χ0v) is 15.0. The van der Waals surface area contributed by atoms with E-state index in [1.807, 2.05) is 24.0 Å². The highest BCUT2D eigenvalue weighted by Crippen LogP contribution is 2.28. The molecule has 0 atom stereocenters. The topological polar surface area (TPSA) is 29.5 Å². The highest BCUT2D eigenvalue weighted by molar-refractivity contribution is 5.89. The number of likely N-dealkylation sites (tertiary alicyclic amines) is 1. The van der Waals surface area contributed by atoms with Crippen molar-refractivity contribution in [1.29, 1.82) is 0 Å². The van der Waals surface area contributed by atoms with Crippen LogP contribution >= 0.6 is 0 Å². The van der Waals surface area contributed by atoms with Gasteiger partial charge in [-0.3, -0.25) is 4.90 Å². The van der Waals surface area contributed by atoms with E-state index in [1.54, 1.807) is 6.07 Å². The van der Waals surface area contributed by atoms with Gasteiger partial charge >= 0.3 is 5.97 Å². The van der Waals surface area contributed by atoms with Crippen molar-refractivity contribution in [2.75, 3.05) is 26.2 Å². The number of benzene rings is 1. The Hall–Kier alpha value is -1.49. The van der Waals surface area contributed by atoms with Crippen molar-refractivity contribution >= 4 is 5.97 Å². The van der Waals surface area contributed by atoms with E-state index in [4.69, 9.17) is 4.74 Å². The molecule has 1 fully saturated rings. The number of hydrogen-bond acceptors (Lipinski definition) is 3. The molecule has 24 heavy (non-hydrogen) atoms. The summed E-state index contributed by atoms with van der Waals surface area (Å²) in [7, 11) is 0. The van der Waals surface area contributed by atoms with Crippen LogP contribution in [0.3, 0.4) is 0 Å². The fraction of sp³-hybridized carbons (Fsp3) is 0.632. The minimum atomic E-state index is -2.54. The molecule has 1 aliphatic heterocycles. The van der Waals surface area contributed by atoms with Crippen LogP contribution in [0.4, 0.5) is 8.78 Å². The maximum atomic E-state index is 13.1. The van der Waals surface area contributed by atoms with Crippen molar-refractivity contribution in [3.05, 3.63) is 34.9 Å². The Bertz CT molecular complexity index is 584. The van der Waals surface area contributed by atoms with E-state index in [2.05, 4.69) is 20.8 Å². The van der Waals surface area contributed by atoms with Crippen LogP contribution in [0.5, 0.6) is 0 Å². The number of esters is 1. The van der Waals surface area contributed by atoms with Gasteiger partial charge in [-0.2, -0.15) is 0 Å². The number of rotatable bonds is 4. The summed E-state index contributed by atoms with van der Waals surface area (Å²) in [5, 5.41) is 0. The van der Waals surface area contributed by atoms with Crippen LogP contribution in [0.15, 0.2) is 18.2 Å². The summed E-state index contributed by atoms with van der Waals surface area (Å²) in [4.78, 5) is 14.1. The van der Waals surface area contributed by atoms with Crippen LogP contribution in [0.2, 0.25) is 0 Å². The summed E-state index contributed by atoms with van der Waals surface area (Å²) in [6.07, 6.45) is -0.233. The van der Waals surface area contributed by atoms with E-state index in [9.17, 15) is 13.6 Å². The highest BCUT2D eigenvalue weighted by Gasteiger charge is 2.33. The summed E-state index contributed by atoms with van der Waals surface area (Å²) < 4.78 is 31.5. The van der Waals surface area contributed by atoms with Gasteiger partial charge in [0, 0.05) is 32.5 Å². The minimum Gasteiger partial charge on any atom is -0.461 e. The monoisotopic (exact) mass is 339 g/mol. The molecule has 0 unspecified atom stereocenters. The zero-order chi connectivity index (χ0) is 18.0. The third kappa shape index (κ3) is 5.00. The molecule has 3 nitrogen and oxygen atoms in total. The molecule has 2 rings (SSSR count). The van der Waals surface area contributed by atoms with Crippen LogP contribution in [0.1, 0.15) is 55.1 Å². The van der Waals surface area contributed by atoms with E-state index in [-0.39, 0.29) is 30.8 Å². The van der Waals surface area contributed by atoms with E-state index in [0.717, 1.165) is 5.56 Å². The van der Waals surface area contributed by atoms with Crippen molar-refractivity contribution < 1.29 is 18.3 Å². The third-order valence-electron chi connectivity index (χ3n) is 4.50. The van der Waals surface area contributed by atoms with Gasteiger partial charge in [-0.15, -0.1) is 0 Å². The number of nitrogens with zero attached hydrogens (tertiary/aromatic N) is 1. The first-order valence-electron chi connectivity index (χ1n) is 8.47. The minimum absolute atomic E-state index is 0.0306. The molecular formula is C19H27F2NO2. The summed E-state index contributed by atoms with van der Waals surface area (Å²) in [5.41, 5.74) is 2.83. The Kier molecular flexibility index (Phi) is 5.63. The number of alkyl halides is 2. The van der Waals surface area contributed by atoms with Crippen LogP contribution in [0, 0.1) is 6.92 Å². The Balaban J connectivity index is 1.84. The van der Waals surface area contributed by atoms with Gasteiger partial charge in [0.25, 0.3) is 5.92 Å². The molecule has 0 amide bonds. The van der Waals surface area contributed by atoms with E-state index >= 15 is 0 Å². The van der Waals surface area contributed by atoms with Crippen molar-refractivity contribution in [3.63, 3.8) is 0 Å². The molecule has 1 heterocycles. The van der Waals surface area contributed by atoms with Gasteiger partial charge in [-0.1, -0.05) is 26.8 Å². The number of aryl methyl sites for hydroxylation is 1. The Morgan fingerprint density at radius 1 is 1.25 bits per heavy atom. The Labute approximate surface area is 143 Å². The number of ether oxygens (including phenoxy) is 1. The molecule has 1 saturated heterocycles. The molecule has 1 aromatic carbocycles. The predicted octanol–water partition coefficient (Wildman–Crippen LogP) is 4.18. The molecule has 5 heteroatoms. The largest absolute Gasteiger partial charge is 0.461 e. The average Bonchev–Trinajstić information content (AvgIpc) is 2.47. The van der Waals surface area contributed by atoms with Crippen molar-refractivity contribution in [1.82, 2.24) is 4.90 Å². The number of carbonyl (C=O) groups is 1. The van der Waals surface area contributed by atoms with Crippen LogP contribution < -0.4 is 0 Å². The molecule has 1 aromatic rings. The fourth-order valence-corrected chi connectivity index (χ4v) is 3.09. The first-order chi connectivity index (χ1) is 11.1. The summed E-state index contributed by atoms with van der Waals surface area (Å²) in [5.74, 6) is -2.90. The Morgan fingerprint density at radius 3 is 2.42 bits per heavy atom. The fourth-order valence-electron chi connectivity index (χ4n) is 3.09. The highest BCUT2D eigenvalue weighted by atomic mass is 19.3. The number of piperidine rings is 1. The van der Waals surface area contributed by atoms with Crippen molar-refractivity contribution in [2.45, 2.75) is 51.9 Å². The van der Waals surface area contributed by atoms with Gasteiger partial charge in [0.2, 0.25) is 0 Å². The maximum Gasteiger partial charge on any atom is 0.338 e. The lowest BCUT2D eigenvalue weighted by atomic mass is 9.83. The molecule has 0 radical (unpaired) electrons. The second kappa shape index (κ2) is 7.18. The first-order valence-corrected chi connectivity index (χ1v) is 8.47. The van der Waals surface area contributed by atoms with Crippen LogP contribution in [-0.2, 0) is 10.2 Å². The molecular weight excluding hydrogens is 312 g/mol. The smallest absolute Gasteiger partial charge is 0.338 e. The first kappa shape index (κ1) is 18.8. The van der Waals surface area contributed by atoms with Crippen molar-refractivity contribution in [3.8, 4) is 0 Å². The molecule has 1 aliphatic rings.